The SMILES string of the molecule is CCC1NNC(c2cc(C(C)C)c(O)cc2O)N1c1ccc(C(=O)N2CCN(c3cc(C)c(O)c(C)c3)C2)cc1. The zero-order valence-electron chi connectivity index (χ0n) is 23.8. The smallest absolute Gasteiger partial charge is 0.255 e. The molecule has 212 valence electrons. The molecule has 2 unspecified atom stereocenters. The fourth-order valence-electron chi connectivity index (χ4n) is 5.68. The maximum absolute atomic E-state index is 13.4. The van der Waals surface area contributed by atoms with Gasteiger partial charge in [-0.05, 0) is 85.3 Å². The molecule has 0 bridgehead atoms. The van der Waals surface area contributed by atoms with Gasteiger partial charge in [0.2, 0.25) is 0 Å². The average molecular weight is 546 g/mol. The lowest BCUT2D eigenvalue weighted by molar-refractivity contribution is 0.0794. The van der Waals surface area contributed by atoms with Gasteiger partial charge in [0.15, 0.2) is 0 Å². The number of nitrogens with zero attached hydrogens (tertiary/aromatic N) is 3. The van der Waals surface area contributed by atoms with Crippen molar-refractivity contribution in [2.75, 3.05) is 29.6 Å². The van der Waals surface area contributed by atoms with E-state index in [0.717, 1.165) is 41.0 Å². The summed E-state index contributed by atoms with van der Waals surface area (Å²) in [4.78, 5) is 19.5. The summed E-state index contributed by atoms with van der Waals surface area (Å²) in [6.45, 7) is 11.7. The molecule has 9 nitrogen and oxygen atoms in total. The van der Waals surface area contributed by atoms with Gasteiger partial charge in [0.25, 0.3) is 5.91 Å². The number of rotatable bonds is 6. The predicted molar refractivity (Wildman–Crippen MR) is 157 cm³/mol. The molecule has 1 amide bonds. The highest BCUT2D eigenvalue weighted by Gasteiger charge is 2.35. The van der Waals surface area contributed by atoms with Crippen LogP contribution >= 0.6 is 0 Å². The van der Waals surface area contributed by atoms with Crippen molar-refractivity contribution in [1.82, 2.24) is 15.8 Å². The van der Waals surface area contributed by atoms with Crippen LogP contribution in [0.3, 0.4) is 0 Å². The monoisotopic (exact) mass is 545 g/mol. The van der Waals surface area contributed by atoms with E-state index in [2.05, 4.69) is 27.6 Å². The highest BCUT2D eigenvalue weighted by atomic mass is 16.3. The summed E-state index contributed by atoms with van der Waals surface area (Å²) in [6.07, 6.45) is 0.403. The summed E-state index contributed by atoms with van der Waals surface area (Å²) in [5, 5.41) is 31.2. The van der Waals surface area contributed by atoms with E-state index >= 15 is 0 Å². The summed E-state index contributed by atoms with van der Waals surface area (Å²) in [5.41, 5.74) is 12.2. The number of hydrogen-bond donors (Lipinski definition) is 5. The summed E-state index contributed by atoms with van der Waals surface area (Å²) >= 11 is 0. The number of aromatic hydroxyl groups is 3. The van der Waals surface area contributed by atoms with Crippen LogP contribution in [0.4, 0.5) is 11.4 Å². The Balaban J connectivity index is 1.35. The minimum Gasteiger partial charge on any atom is -0.508 e. The van der Waals surface area contributed by atoms with Crippen LogP contribution < -0.4 is 20.7 Å². The van der Waals surface area contributed by atoms with Gasteiger partial charge >= 0.3 is 0 Å². The topological polar surface area (TPSA) is 112 Å². The fourth-order valence-corrected chi connectivity index (χ4v) is 5.68. The number of hydrogen-bond acceptors (Lipinski definition) is 8. The van der Waals surface area contributed by atoms with E-state index in [1.54, 1.807) is 0 Å². The van der Waals surface area contributed by atoms with Crippen LogP contribution in [0, 0.1) is 13.8 Å². The van der Waals surface area contributed by atoms with Crippen molar-refractivity contribution in [3.8, 4) is 17.2 Å². The van der Waals surface area contributed by atoms with Gasteiger partial charge < -0.3 is 30.0 Å². The van der Waals surface area contributed by atoms with Crippen LogP contribution in [-0.4, -0.2) is 52.1 Å². The van der Waals surface area contributed by atoms with E-state index in [-0.39, 0.29) is 35.7 Å². The van der Waals surface area contributed by atoms with E-state index in [4.69, 9.17) is 0 Å². The van der Waals surface area contributed by atoms with Crippen LogP contribution in [0.5, 0.6) is 17.2 Å². The van der Waals surface area contributed by atoms with Gasteiger partial charge in [-0.15, -0.1) is 0 Å². The van der Waals surface area contributed by atoms with Crippen molar-refractivity contribution in [2.24, 2.45) is 0 Å². The van der Waals surface area contributed by atoms with E-state index in [9.17, 15) is 20.1 Å². The van der Waals surface area contributed by atoms with Crippen LogP contribution in [-0.2, 0) is 0 Å². The Morgan fingerprint density at radius 1 is 0.925 bits per heavy atom. The Morgan fingerprint density at radius 3 is 2.23 bits per heavy atom. The third kappa shape index (κ3) is 5.02. The lowest BCUT2D eigenvalue weighted by Crippen LogP contribution is -2.36. The molecular weight excluding hydrogens is 506 g/mol. The number of carbonyl (C=O) groups is 1. The van der Waals surface area contributed by atoms with Crippen molar-refractivity contribution < 1.29 is 20.1 Å². The lowest BCUT2D eigenvalue weighted by atomic mass is 9.97. The molecule has 0 aromatic heterocycles. The Kier molecular flexibility index (Phi) is 7.53. The minimum atomic E-state index is -0.367. The van der Waals surface area contributed by atoms with Crippen molar-refractivity contribution >= 4 is 17.3 Å². The van der Waals surface area contributed by atoms with Crippen LogP contribution in [0.2, 0.25) is 0 Å². The Bertz CT molecular complexity index is 1380. The number of aryl methyl sites for hydroxylation is 2. The second kappa shape index (κ2) is 10.9. The van der Waals surface area contributed by atoms with Crippen molar-refractivity contribution in [2.45, 2.75) is 59.3 Å². The average Bonchev–Trinajstić information content (AvgIpc) is 3.59. The largest absolute Gasteiger partial charge is 0.508 e. The molecule has 0 radical (unpaired) electrons. The molecule has 40 heavy (non-hydrogen) atoms. The lowest BCUT2D eigenvalue weighted by Gasteiger charge is -2.31. The standard InChI is InChI=1S/C31H39N5O4/c1-6-28-32-33-30(25-15-24(18(2)3)26(37)16-27(25)38)36(28)22-9-7-21(8-10-22)31(40)35-12-11-34(17-35)23-13-19(4)29(39)20(5)14-23/h7-10,13-16,18,28,30,32-33,37-39H,6,11-12,17H2,1-5H3. The van der Waals surface area contributed by atoms with Crippen molar-refractivity contribution in [3.05, 3.63) is 76.3 Å². The second-order valence-corrected chi connectivity index (χ2v) is 11.1. The molecule has 3 aromatic rings. The Labute approximate surface area is 235 Å². The zero-order valence-corrected chi connectivity index (χ0v) is 23.8. The molecule has 5 N–H and O–H groups in total. The molecule has 2 aliphatic heterocycles. The number of carbonyl (C=O) groups excluding carboxylic acids is 1. The summed E-state index contributed by atoms with van der Waals surface area (Å²) in [7, 11) is 0. The molecule has 2 heterocycles. The number of nitrogens with one attached hydrogen (secondary N) is 2. The molecule has 0 spiro atoms. The van der Waals surface area contributed by atoms with Crippen molar-refractivity contribution in [1.29, 1.82) is 0 Å². The third-order valence-electron chi connectivity index (χ3n) is 8.00. The van der Waals surface area contributed by atoms with E-state index in [0.29, 0.717) is 30.1 Å². The molecule has 2 saturated heterocycles. The van der Waals surface area contributed by atoms with Gasteiger partial charge in [0.05, 0.1) is 12.8 Å². The van der Waals surface area contributed by atoms with Gasteiger partial charge in [0, 0.05) is 41.7 Å². The summed E-state index contributed by atoms with van der Waals surface area (Å²) in [5.74, 6) is 0.485. The zero-order chi connectivity index (χ0) is 28.7. The van der Waals surface area contributed by atoms with Gasteiger partial charge in [0.1, 0.15) is 23.4 Å². The number of amides is 1. The Morgan fingerprint density at radius 2 is 1.60 bits per heavy atom. The number of hydrazine groups is 1. The van der Waals surface area contributed by atoms with Crippen LogP contribution in [0.15, 0.2) is 48.5 Å². The Hall–Kier alpha value is -3.95. The predicted octanol–water partition coefficient (Wildman–Crippen LogP) is 4.81. The molecule has 0 aliphatic carbocycles. The summed E-state index contributed by atoms with van der Waals surface area (Å²) < 4.78 is 0. The molecule has 2 fully saturated rings. The molecule has 9 heteroatoms. The second-order valence-electron chi connectivity index (χ2n) is 11.1. The first-order valence-electron chi connectivity index (χ1n) is 13.9. The number of anilines is 2. The van der Waals surface area contributed by atoms with Crippen LogP contribution in [0.25, 0.3) is 0 Å². The van der Waals surface area contributed by atoms with E-state index < -0.39 is 0 Å². The maximum atomic E-state index is 13.4. The summed E-state index contributed by atoms with van der Waals surface area (Å²) in [6, 6.07) is 14.8. The highest BCUT2D eigenvalue weighted by molar-refractivity contribution is 5.95. The van der Waals surface area contributed by atoms with E-state index in [1.807, 2.05) is 75.1 Å². The number of phenolic OH excluding ortho intramolecular Hbond substituents is 3. The van der Waals surface area contributed by atoms with Gasteiger partial charge in [-0.1, -0.05) is 20.8 Å². The first-order chi connectivity index (χ1) is 19.1. The van der Waals surface area contributed by atoms with Gasteiger partial charge in [-0.25, -0.2) is 10.9 Å². The quantitative estimate of drug-likeness (QED) is 0.300. The molecule has 5 rings (SSSR count). The molecule has 3 aromatic carbocycles. The first kappa shape index (κ1) is 27.6. The number of benzene rings is 3. The molecule has 0 saturated carbocycles. The molecular formula is C31H39N5O4. The van der Waals surface area contributed by atoms with E-state index in [1.165, 1.54) is 6.07 Å². The minimum absolute atomic E-state index is 0.0207. The third-order valence-corrected chi connectivity index (χ3v) is 8.00. The van der Waals surface area contributed by atoms with Gasteiger partial charge in [-0.2, -0.15) is 0 Å². The highest BCUT2D eigenvalue weighted by Crippen LogP contribution is 2.40. The maximum Gasteiger partial charge on any atom is 0.255 e. The molecule has 2 aliphatic rings. The first-order valence-corrected chi connectivity index (χ1v) is 13.9. The number of phenols is 3. The van der Waals surface area contributed by atoms with Gasteiger partial charge in [-0.3, -0.25) is 4.79 Å². The molecule has 2 atom stereocenters. The van der Waals surface area contributed by atoms with Crippen LogP contribution in [0.1, 0.15) is 71.9 Å². The fraction of sp³-hybridized carbons (Fsp3) is 0.387. The van der Waals surface area contributed by atoms with Crippen molar-refractivity contribution in [3.63, 3.8) is 0 Å². The normalized spacial score (nSPS) is 19.2.